The fourth-order valence-electron chi connectivity index (χ4n) is 2.52. The number of hydrogen-bond acceptors (Lipinski definition) is 5. The highest BCUT2D eigenvalue weighted by atomic mass is 31.1. The molecular formula is C13H20N5OP. The summed E-state index contributed by atoms with van der Waals surface area (Å²) in [5.41, 5.74) is 1.44. The quantitative estimate of drug-likeness (QED) is 0.790. The molecule has 0 aliphatic carbocycles. The normalized spacial score (nSPS) is 19.9. The first-order chi connectivity index (χ1) is 9.73. The summed E-state index contributed by atoms with van der Waals surface area (Å²) in [4.78, 5) is 8.25. The summed E-state index contributed by atoms with van der Waals surface area (Å²) in [7, 11) is 0.314. The minimum atomic E-state index is 0.0730. The number of fused-ring (bicyclic) bond motifs is 1. The van der Waals surface area contributed by atoms with Crippen molar-refractivity contribution in [1.82, 2.24) is 25.0 Å². The highest BCUT2D eigenvalue weighted by molar-refractivity contribution is 7.34. The van der Waals surface area contributed by atoms with E-state index in [0.717, 1.165) is 25.0 Å². The van der Waals surface area contributed by atoms with Gasteiger partial charge in [0.1, 0.15) is 14.3 Å². The second kappa shape index (κ2) is 5.62. The molecule has 1 fully saturated rings. The van der Waals surface area contributed by atoms with Crippen LogP contribution in [0.1, 0.15) is 33.1 Å². The summed E-state index contributed by atoms with van der Waals surface area (Å²) < 4.78 is 5.89. The second-order valence-electron chi connectivity index (χ2n) is 5.32. The maximum Gasteiger partial charge on any atom is 0.219 e. The molecule has 2 atom stereocenters. The Labute approximate surface area is 120 Å². The molecular weight excluding hydrogens is 273 g/mol. The van der Waals surface area contributed by atoms with Gasteiger partial charge in [-0.3, -0.25) is 4.90 Å². The van der Waals surface area contributed by atoms with E-state index in [0.29, 0.717) is 14.5 Å². The fourth-order valence-corrected chi connectivity index (χ4v) is 3.42. The van der Waals surface area contributed by atoms with Gasteiger partial charge >= 0.3 is 0 Å². The van der Waals surface area contributed by atoms with Crippen molar-refractivity contribution in [3.05, 3.63) is 18.3 Å². The van der Waals surface area contributed by atoms with Gasteiger partial charge in [0.2, 0.25) is 5.65 Å². The van der Waals surface area contributed by atoms with Gasteiger partial charge in [-0.2, -0.15) is 0 Å². The first kappa shape index (κ1) is 13.7. The lowest BCUT2D eigenvalue weighted by Crippen LogP contribution is -2.41. The Morgan fingerprint density at radius 2 is 2.20 bits per heavy atom. The molecule has 0 aromatic carbocycles. The van der Waals surface area contributed by atoms with Crippen LogP contribution in [0.25, 0.3) is 11.2 Å². The van der Waals surface area contributed by atoms with E-state index in [-0.39, 0.29) is 5.28 Å². The minimum Gasteiger partial charge on any atom is -0.376 e. The van der Waals surface area contributed by atoms with Gasteiger partial charge in [0.15, 0.2) is 0 Å². The van der Waals surface area contributed by atoms with Crippen LogP contribution < -0.4 is 4.62 Å². The molecule has 2 aromatic heterocycles. The zero-order valence-electron chi connectivity index (χ0n) is 11.9. The molecule has 3 rings (SSSR count). The number of aromatic nitrogens is 4. The molecule has 2 aromatic rings. The Hall–Kier alpha value is -1.26. The van der Waals surface area contributed by atoms with Crippen LogP contribution in [0.5, 0.6) is 0 Å². The molecule has 0 N–H and O–H groups in total. The van der Waals surface area contributed by atoms with E-state index in [1.807, 2.05) is 12.1 Å². The summed E-state index contributed by atoms with van der Waals surface area (Å²) in [5.74, 6) is 0. The molecule has 1 saturated heterocycles. The van der Waals surface area contributed by atoms with E-state index >= 15 is 0 Å². The van der Waals surface area contributed by atoms with Gasteiger partial charge < -0.3 is 4.62 Å². The molecule has 7 heteroatoms. The Bertz CT molecular complexity index is 583. The van der Waals surface area contributed by atoms with Crippen LogP contribution in [-0.2, 0) is 0 Å². The van der Waals surface area contributed by atoms with Crippen LogP contribution in [0, 0.1) is 0 Å². The van der Waals surface area contributed by atoms with Crippen molar-refractivity contribution in [2.24, 2.45) is 0 Å². The molecule has 3 heterocycles. The smallest absolute Gasteiger partial charge is 0.219 e. The molecule has 108 valence electrons. The zero-order chi connectivity index (χ0) is 14.0. The first-order valence-electron chi connectivity index (χ1n) is 7.09. The van der Waals surface area contributed by atoms with Gasteiger partial charge in [-0.25, -0.2) is 4.98 Å². The summed E-state index contributed by atoms with van der Waals surface area (Å²) in [6, 6.07) is 3.74. The monoisotopic (exact) mass is 293 g/mol. The topological polar surface area (TPSA) is 56.1 Å². The maximum absolute atomic E-state index is 5.89. The third-order valence-corrected chi connectivity index (χ3v) is 5.40. The Balaban J connectivity index is 1.74. The fraction of sp³-hybridized carbons (Fsp3) is 0.615. The lowest BCUT2D eigenvalue weighted by Gasteiger charge is -2.36. The summed E-state index contributed by atoms with van der Waals surface area (Å²) in [5, 5.41) is 8.16. The number of likely N-dealkylation sites (tertiary alicyclic amines) is 1. The van der Waals surface area contributed by atoms with E-state index in [2.05, 4.69) is 34.0 Å². The van der Waals surface area contributed by atoms with E-state index in [9.17, 15) is 0 Å². The third kappa shape index (κ3) is 2.50. The zero-order valence-corrected chi connectivity index (χ0v) is 12.9. The van der Waals surface area contributed by atoms with Crippen molar-refractivity contribution >= 4 is 20.0 Å². The van der Waals surface area contributed by atoms with E-state index in [4.69, 9.17) is 4.62 Å². The van der Waals surface area contributed by atoms with E-state index in [1.54, 1.807) is 6.20 Å². The molecule has 0 bridgehead atoms. The van der Waals surface area contributed by atoms with Crippen molar-refractivity contribution in [1.29, 1.82) is 0 Å². The Kier molecular flexibility index (Phi) is 3.85. The predicted octanol–water partition coefficient (Wildman–Crippen LogP) is 2.07. The van der Waals surface area contributed by atoms with Crippen molar-refractivity contribution in [2.45, 2.75) is 38.4 Å². The van der Waals surface area contributed by atoms with Gasteiger partial charge in [-0.05, 0) is 56.6 Å². The molecule has 0 saturated carbocycles. The Morgan fingerprint density at radius 1 is 1.40 bits per heavy atom. The van der Waals surface area contributed by atoms with Crippen LogP contribution in [-0.4, -0.2) is 43.4 Å². The lowest BCUT2D eigenvalue weighted by molar-refractivity contribution is 0.186. The number of pyridine rings is 1. The standard InChI is InChI=1S/C13H20N5OP/c1-3-13(2,17-9-4-5-10-17)20-19-18-12-11(15-16-18)7-6-8-14-12/h6-8,20H,3-5,9-10H2,1-2H3. The van der Waals surface area contributed by atoms with Gasteiger partial charge in [-0.1, -0.05) is 11.8 Å². The second-order valence-corrected chi connectivity index (χ2v) is 6.79. The van der Waals surface area contributed by atoms with Crippen LogP contribution in [0.15, 0.2) is 18.3 Å². The molecule has 0 amide bonds. The largest absolute Gasteiger partial charge is 0.376 e. The average Bonchev–Trinajstić information content (AvgIpc) is 3.15. The van der Waals surface area contributed by atoms with Crippen LogP contribution in [0.3, 0.4) is 0 Å². The molecule has 20 heavy (non-hydrogen) atoms. The van der Waals surface area contributed by atoms with Crippen molar-refractivity contribution in [3.63, 3.8) is 0 Å². The first-order valence-corrected chi connectivity index (χ1v) is 8.00. The average molecular weight is 293 g/mol. The number of hydrogen-bond donors (Lipinski definition) is 0. The molecule has 1 aliphatic heterocycles. The van der Waals surface area contributed by atoms with E-state index < -0.39 is 0 Å². The predicted molar refractivity (Wildman–Crippen MR) is 79.7 cm³/mol. The van der Waals surface area contributed by atoms with Crippen molar-refractivity contribution < 1.29 is 4.62 Å². The number of nitrogens with zero attached hydrogens (tertiary/aromatic N) is 5. The summed E-state index contributed by atoms with van der Waals surface area (Å²) in [6.45, 7) is 6.81. The maximum atomic E-state index is 5.89. The molecule has 2 unspecified atom stereocenters. The van der Waals surface area contributed by atoms with Crippen LogP contribution in [0.2, 0.25) is 0 Å². The van der Waals surface area contributed by atoms with Crippen molar-refractivity contribution in [3.8, 4) is 0 Å². The summed E-state index contributed by atoms with van der Waals surface area (Å²) >= 11 is 0. The number of rotatable bonds is 5. The van der Waals surface area contributed by atoms with Gasteiger partial charge in [-0.15, -0.1) is 5.10 Å². The third-order valence-electron chi connectivity index (χ3n) is 4.03. The van der Waals surface area contributed by atoms with E-state index in [1.165, 1.54) is 17.7 Å². The SMILES string of the molecule is CCC(C)(POn1nnc2cccnc21)N1CCCC1. The van der Waals surface area contributed by atoms with Crippen LogP contribution >= 0.6 is 8.81 Å². The molecule has 6 nitrogen and oxygen atoms in total. The summed E-state index contributed by atoms with van der Waals surface area (Å²) in [6.07, 6.45) is 5.36. The molecule has 0 radical (unpaired) electrons. The van der Waals surface area contributed by atoms with Gasteiger partial charge in [0.25, 0.3) is 0 Å². The van der Waals surface area contributed by atoms with Gasteiger partial charge in [0.05, 0.1) is 5.28 Å². The van der Waals surface area contributed by atoms with Crippen molar-refractivity contribution in [2.75, 3.05) is 13.1 Å². The highest BCUT2D eigenvalue weighted by Crippen LogP contribution is 2.38. The van der Waals surface area contributed by atoms with Crippen LogP contribution in [0.4, 0.5) is 0 Å². The minimum absolute atomic E-state index is 0.0730. The molecule has 0 spiro atoms. The van der Waals surface area contributed by atoms with Gasteiger partial charge in [0, 0.05) is 6.20 Å². The lowest BCUT2D eigenvalue weighted by atomic mass is 10.2. The Morgan fingerprint density at radius 3 is 2.95 bits per heavy atom. The molecule has 1 aliphatic rings. The highest BCUT2D eigenvalue weighted by Gasteiger charge is 2.34.